The molecule has 3 aromatic carbocycles. The zero-order chi connectivity index (χ0) is 82.7. The largest absolute Gasteiger partial charge is 3.00 e. The predicted octanol–water partition coefficient (Wildman–Crippen LogP) is -4.79. The van der Waals surface area contributed by atoms with Crippen LogP contribution in [0.3, 0.4) is 0 Å². The summed E-state index contributed by atoms with van der Waals surface area (Å²) < 4.78 is 5.47. The Labute approximate surface area is 691 Å². The van der Waals surface area contributed by atoms with Gasteiger partial charge in [0.05, 0.1) is 37.3 Å². The molecule has 1 saturated heterocycles. The molecule has 114 heavy (non-hydrogen) atoms. The van der Waals surface area contributed by atoms with E-state index < -0.39 is 171 Å². The van der Waals surface area contributed by atoms with Gasteiger partial charge in [0.15, 0.2) is 0 Å². The molecule has 0 bridgehead atoms. The molecule has 5 aromatic rings. The van der Waals surface area contributed by atoms with E-state index in [1.54, 1.807) is 114 Å². The average Bonchev–Trinajstić information content (AvgIpc) is 1.66. The van der Waals surface area contributed by atoms with Crippen LogP contribution in [0.2, 0.25) is 0 Å². The summed E-state index contributed by atoms with van der Waals surface area (Å²) in [7, 11) is 0. The van der Waals surface area contributed by atoms with Crippen molar-refractivity contribution < 1.29 is 124 Å². The van der Waals surface area contributed by atoms with E-state index in [0.717, 1.165) is 0 Å². The number of fused-ring (bicyclic) bond motifs is 1. The number of aromatic amines is 2. The summed E-state index contributed by atoms with van der Waals surface area (Å²) in [6, 6.07) is 13.7. The number of rotatable bonds is 44. The van der Waals surface area contributed by atoms with E-state index in [-0.39, 0.29) is 146 Å². The minimum atomic E-state index is -1.58. The zero-order valence-electron chi connectivity index (χ0n) is 65.2. The van der Waals surface area contributed by atoms with Gasteiger partial charge in [0.2, 0.25) is 65.0 Å². The second-order valence-electron chi connectivity index (χ2n) is 29.3. The molecule has 0 saturated carbocycles. The number of imidazole rings is 1. The first-order chi connectivity index (χ1) is 53.7. The minimum Gasteiger partial charge on any atom is -0.549 e. The molecule has 1 aliphatic heterocycles. The summed E-state index contributed by atoms with van der Waals surface area (Å²) in [4.78, 5) is 202. The molecule has 6 rings (SSSR count). The van der Waals surface area contributed by atoms with E-state index in [4.69, 9.17) is 10.5 Å². The van der Waals surface area contributed by atoms with Crippen LogP contribution in [0.5, 0.6) is 0 Å². The molecular weight excluding hydrogens is 1640 g/mol. The maximum Gasteiger partial charge on any atom is 3.00 e. The number of ether oxygens (including phenoxy) is 1. The molecule has 2 aromatic heterocycles. The number of aliphatic carboxylic acids is 3. The summed E-state index contributed by atoms with van der Waals surface area (Å²) in [6.07, 6.45) is 4.99. The van der Waals surface area contributed by atoms with Crippen molar-refractivity contribution in [2.45, 2.75) is 142 Å². The number of nitrogens with one attached hydrogen (secondary N) is 12. The van der Waals surface area contributed by atoms with Crippen LogP contribution in [0.25, 0.3) is 10.9 Å². The third-order valence-corrected chi connectivity index (χ3v) is 18.4. The van der Waals surface area contributed by atoms with Gasteiger partial charge in [0.25, 0.3) is 0 Å². The van der Waals surface area contributed by atoms with Gasteiger partial charge in [0.1, 0.15) is 49.5 Å². The van der Waals surface area contributed by atoms with E-state index in [9.17, 15) is 82.4 Å². The Kier molecular flexibility index (Phi) is 40.6. The number of benzene rings is 3. The number of carbonyl (C=O) groups excluding carboxylic acids is 14. The maximum atomic E-state index is 14.7. The molecular formula is C77H107LuN18O18. The van der Waals surface area contributed by atoms with Gasteiger partial charge in [-0.25, -0.2) is 4.98 Å². The number of carbonyl (C=O) groups is 14. The quantitative estimate of drug-likeness (QED) is 0.0174. The smallest absolute Gasteiger partial charge is 0.549 e. The number of carboxylic acid groups (broad SMARTS) is 3. The first-order valence-corrected chi connectivity index (χ1v) is 37.7. The zero-order valence-corrected chi connectivity index (χ0v) is 66.9. The van der Waals surface area contributed by atoms with Gasteiger partial charge >= 0.3 is 36.9 Å². The molecule has 11 amide bonds. The van der Waals surface area contributed by atoms with Crippen molar-refractivity contribution in [2.75, 3.05) is 104 Å². The molecule has 0 unspecified atom stereocenters. The van der Waals surface area contributed by atoms with Crippen molar-refractivity contribution >= 4 is 99.5 Å². The van der Waals surface area contributed by atoms with Gasteiger partial charge in [0, 0.05) is 145 Å². The first-order valence-electron chi connectivity index (χ1n) is 37.7. The predicted molar refractivity (Wildman–Crippen MR) is 407 cm³/mol. The summed E-state index contributed by atoms with van der Waals surface area (Å²) in [5.41, 5.74) is 8.94. The molecule has 6 atom stereocenters. The number of H-pyrrole nitrogens is 2. The molecule has 628 valence electrons. The molecule has 14 N–H and O–H groups in total. The Hall–Kier alpha value is -9.98. The van der Waals surface area contributed by atoms with Crippen LogP contribution in [0, 0.1) is 54.6 Å². The van der Waals surface area contributed by atoms with Gasteiger partial charge in [-0.05, 0) is 78.8 Å². The van der Waals surface area contributed by atoms with Crippen LogP contribution in [-0.2, 0) is 97.7 Å². The molecule has 36 nitrogen and oxygen atoms in total. The number of nitrogens with two attached hydrogens (primary N) is 1. The van der Waals surface area contributed by atoms with Crippen molar-refractivity contribution in [1.82, 2.24) is 82.4 Å². The van der Waals surface area contributed by atoms with Gasteiger partial charge < -0.3 is 103 Å². The fourth-order valence-corrected chi connectivity index (χ4v) is 12.7. The van der Waals surface area contributed by atoms with Crippen LogP contribution < -0.4 is 74.2 Å². The van der Waals surface area contributed by atoms with Crippen LogP contribution in [0.1, 0.15) is 96.5 Å². The number of primary amides is 1. The number of aromatic nitrogens is 3. The maximum absolute atomic E-state index is 14.7. The molecule has 0 spiro atoms. The summed E-state index contributed by atoms with van der Waals surface area (Å²) in [5.74, 6) is -12.2. The number of carboxylic acids is 3. The van der Waals surface area contributed by atoms with Crippen molar-refractivity contribution in [3.63, 3.8) is 0 Å². The van der Waals surface area contributed by atoms with Gasteiger partial charge in [-0.2, -0.15) is 0 Å². The number of amides is 11. The van der Waals surface area contributed by atoms with E-state index in [0.29, 0.717) is 51.8 Å². The Morgan fingerprint density at radius 3 is 1.56 bits per heavy atom. The number of hydrogen-bond acceptors (Lipinski definition) is 23. The second-order valence-corrected chi connectivity index (χ2v) is 29.3. The number of para-hydroxylation sites is 1. The van der Waals surface area contributed by atoms with Gasteiger partial charge in [-0.3, -0.25) is 72.3 Å². The minimum absolute atomic E-state index is 0. The third-order valence-electron chi connectivity index (χ3n) is 18.4. The third kappa shape index (κ3) is 35.2. The van der Waals surface area contributed by atoms with Gasteiger partial charge in [-0.15, -0.1) is 0 Å². The molecule has 0 radical (unpaired) electrons. The summed E-state index contributed by atoms with van der Waals surface area (Å²) in [6.45, 7) is 10.7. The fraction of sp³-hybridized carbons (Fsp3) is 0.519. The Bertz CT molecular complexity index is 3960. The molecule has 1 fully saturated rings. The fourth-order valence-electron chi connectivity index (χ4n) is 12.7. The standard InChI is InChI=1S/C77H110N18O18.Lu/c1-47(2)31-55(32-48(3)4)86-75(110)62(35-56-38-79-46-83-56)87-64(97)39-82-77(112)71(49(5)6)91-72(107)50(7)84-74(109)61(34-53-37-80-58-16-12-11-15-57(53)58)90-73(108)59(21-22-63(78)96)89-76(111)60(33-51-13-9-8-10-14-51)88-67(100)45-113-44-66(99)85-54-19-17-52(18-20-54)36-81-65(98)40-92-23-25-93(41-68(101)102)27-29-95(43-70(105)106)30-28-94(26-24-92)42-69(103)104;/h8-20,37-38,46-50,55,59-62,71,80H,21-36,39-45H2,1-7H3,(H2,78,96)(H,79,83)(H,81,98)(H,82,112)(H,84,109)(H,85,99)(H,86,110)(H,87,97)(H,88,100)(H,89,111)(H,90,108)(H,91,107)(H,101,102)(H,103,104)(H,105,106);/q;+3/p-3/t50-,59-,60+,61-,62-,71-;/m0./s1/i;1+2. The Morgan fingerprint density at radius 2 is 1.01 bits per heavy atom. The van der Waals surface area contributed by atoms with Crippen molar-refractivity contribution in [2.24, 2.45) is 23.5 Å². The van der Waals surface area contributed by atoms with Crippen LogP contribution in [-0.4, -0.2) is 258 Å². The molecule has 3 heterocycles. The van der Waals surface area contributed by atoms with Crippen molar-refractivity contribution in [3.05, 3.63) is 120 Å². The number of hydrogen-bond donors (Lipinski definition) is 13. The SMILES string of the molecule is CC(C)CC(CC(C)C)NC(=O)[C@H](Cc1cnc[nH]1)NC(=O)CNC(=O)[C@@H](NC(=O)[C@H](C)NC(=O)[C@H](Cc1c[nH]c2ccccc12)NC(=O)[C@H](CCC(N)=O)NC(=O)[C@@H](Cc1ccccc1)NC(=O)COCC(=O)Nc1ccc(CNC(=O)CN2CCN(CC(=O)[O-])CCN(CC(=O)[O-])CCN(CC(=O)[O-])CC2)cc1)C(C)C.[177Lu+3]. The van der Waals surface area contributed by atoms with Crippen molar-refractivity contribution in [1.29, 1.82) is 0 Å². The molecule has 0 aliphatic carbocycles. The normalized spacial score (nSPS) is 14.9. The number of nitrogens with zero attached hydrogens (tertiary/aromatic N) is 5. The second kappa shape index (κ2) is 48.9. The van der Waals surface area contributed by atoms with Crippen LogP contribution in [0.4, 0.5) is 5.69 Å². The van der Waals surface area contributed by atoms with E-state index >= 15 is 0 Å². The molecule has 1 aliphatic rings. The van der Waals surface area contributed by atoms with Gasteiger partial charge in [-0.1, -0.05) is 102 Å². The van der Waals surface area contributed by atoms with Crippen molar-refractivity contribution in [3.8, 4) is 0 Å². The Balaban J connectivity index is 0.0000232. The molecule has 37 heteroatoms. The van der Waals surface area contributed by atoms with E-state index in [1.807, 2.05) is 0 Å². The van der Waals surface area contributed by atoms with Crippen LogP contribution >= 0.6 is 0 Å². The number of anilines is 1. The summed E-state index contributed by atoms with van der Waals surface area (Å²) in [5, 5.41) is 62.3. The van der Waals surface area contributed by atoms with Crippen LogP contribution in [0.15, 0.2) is 97.6 Å². The summed E-state index contributed by atoms with van der Waals surface area (Å²) >= 11 is 0. The average molecular weight is 1750 g/mol. The first kappa shape index (κ1) is 94.6. The topological polar surface area (TPSA) is 521 Å². The Morgan fingerprint density at radius 1 is 0.500 bits per heavy atom. The van der Waals surface area contributed by atoms with E-state index in [2.05, 4.69) is 95.8 Å². The monoisotopic (exact) mass is 1750 g/mol. The van der Waals surface area contributed by atoms with E-state index in [1.165, 1.54) is 24.3 Å².